The number of ether oxygens (including phenoxy) is 3. The third-order valence-corrected chi connectivity index (χ3v) is 7.89. The molecule has 0 aliphatic carbocycles. The molecule has 4 rings (SSSR count). The van der Waals surface area contributed by atoms with Crippen molar-refractivity contribution in [2.24, 2.45) is 0 Å². The highest BCUT2D eigenvalue weighted by Gasteiger charge is 2.19. The van der Waals surface area contributed by atoms with E-state index in [4.69, 9.17) is 19.9 Å². The van der Waals surface area contributed by atoms with Crippen LogP contribution in [0.1, 0.15) is 113 Å². The molecule has 0 atom stereocenters. The van der Waals surface area contributed by atoms with Crippen molar-refractivity contribution >= 4 is 22.7 Å². The van der Waals surface area contributed by atoms with Crippen molar-refractivity contribution in [3.05, 3.63) is 71.6 Å². The quantitative estimate of drug-likeness (QED) is 0.0864. The number of benzene rings is 1. The van der Waals surface area contributed by atoms with Gasteiger partial charge in [0.2, 0.25) is 0 Å². The summed E-state index contributed by atoms with van der Waals surface area (Å²) >= 11 is 0. The third-order valence-electron chi connectivity index (χ3n) is 7.89. The van der Waals surface area contributed by atoms with Gasteiger partial charge in [0.15, 0.2) is 29.9 Å². The number of aromatic nitrogens is 4. The van der Waals surface area contributed by atoms with Gasteiger partial charge in [-0.3, -0.25) is 4.98 Å². The maximum atomic E-state index is 12.0. The Morgan fingerprint density at radius 1 is 0.878 bits per heavy atom. The monoisotopic (exact) mass is 695 g/mol. The van der Waals surface area contributed by atoms with Crippen LogP contribution in [-0.4, -0.2) is 45.8 Å². The molecule has 0 unspecified atom stereocenters. The number of nitrogens with zero attached hydrogens (tertiary/aromatic N) is 4. The largest absolute Gasteiger partial charge is 1.00 e. The topological polar surface area (TPSA) is 134 Å². The average Bonchev–Trinajstić information content (AvgIpc) is 3.07. The Labute approximate surface area is 297 Å². The summed E-state index contributed by atoms with van der Waals surface area (Å²) in [4.78, 5) is 25.0. The maximum Gasteiger partial charge on any atom is 0.343 e. The summed E-state index contributed by atoms with van der Waals surface area (Å²) < 4.78 is 18.8. The molecule has 0 fully saturated rings. The number of hydrogen-bond acceptors (Lipinski definition) is 9. The molecule has 0 saturated heterocycles. The molecule has 11 heteroatoms. The van der Waals surface area contributed by atoms with Crippen molar-refractivity contribution in [2.45, 2.75) is 105 Å². The Balaban J connectivity index is 0.000000374. The summed E-state index contributed by atoms with van der Waals surface area (Å²) in [5.41, 5.74) is 8.72. The van der Waals surface area contributed by atoms with Crippen LogP contribution < -0.4 is 32.2 Å². The lowest BCUT2D eigenvalue weighted by Gasteiger charge is -2.14. The number of hydrogen-bond donors (Lipinski definition) is 2. The van der Waals surface area contributed by atoms with E-state index in [0.29, 0.717) is 48.0 Å². The molecule has 0 aliphatic rings. The summed E-state index contributed by atoms with van der Waals surface area (Å²) in [6, 6.07) is 9.53. The maximum absolute atomic E-state index is 12.0. The molecule has 0 bridgehead atoms. The van der Waals surface area contributed by atoms with Crippen molar-refractivity contribution in [3.63, 3.8) is 0 Å². The summed E-state index contributed by atoms with van der Waals surface area (Å²) in [5.74, 6) is 1.79. The van der Waals surface area contributed by atoms with Gasteiger partial charge in [0, 0.05) is 49.3 Å². The van der Waals surface area contributed by atoms with E-state index in [2.05, 4.69) is 46.4 Å². The number of pyridine rings is 2. The summed E-state index contributed by atoms with van der Waals surface area (Å²) in [6.07, 6.45) is 16.9. The lowest BCUT2D eigenvalue weighted by atomic mass is 10.1. The molecular weight excluding hydrogens is 642 g/mol. The lowest BCUT2D eigenvalue weighted by molar-refractivity contribution is -0.694. The van der Waals surface area contributed by atoms with Crippen LogP contribution in [0.15, 0.2) is 48.9 Å². The fourth-order valence-corrected chi connectivity index (χ4v) is 5.19. The number of nitrogens with two attached hydrogens (primary N) is 1. The standard InChI is InChI=1S/C24H35NO5.C14H19N4.ClH/c1-4-7-8-9-10-11-12-13-14-30-21-15-18-20(16-22(21)28-5-2)25-17-19(23(18)26)24(27)29-6-3;1-3-6-13-16-9-12(14(15)17-13)10-18-8-5-4-7-11(18)2;/h15-17H,4-14H2,1-3H3,(H,25,26);4-5,7-9H,3,6,10H2,1-2H3,(H2,15,16,17);1H/q;+1;/p-1. The summed E-state index contributed by atoms with van der Waals surface area (Å²) in [7, 11) is 0. The van der Waals surface area contributed by atoms with E-state index in [1.54, 1.807) is 19.1 Å². The van der Waals surface area contributed by atoms with Crippen LogP contribution in [-0.2, 0) is 17.7 Å². The second-order valence-corrected chi connectivity index (χ2v) is 11.7. The Morgan fingerprint density at radius 3 is 2.24 bits per heavy atom. The highest BCUT2D eigenvalue weighted by atomic mass is 35.5. The molecule has 0 aliphatic heterocycles. The van der Waals surface area contributed by atoms with E-state index in [0.717, 1.165) is 37.1 Å². The van der Waals surface area contributed by atoms with Crippen molar-refractivity contribution in [1.29, 1.82) is 0 Å². The molecule has 4 aromatic rings. The van der Waals surface area contributed by atoms with Gasteiger partial charge in [-0.1, -0.05) is 64.9 Å². The SMILES string of the molecule is CCCCCCCCCCOc1cc2c(O)c(C(=O)OCC)cnc2cc1OCC.CCCc1ncc(C[n+]2ccccc2C)c(N)n1.[Cl-]. The number of carbonyl (C=O) groups is 1. The fraction of sp³-hybridized carbons (Fsp3) is 0.500. The molecule has 49 heavy (non-hydrogen) atoms. The van der Waals surface area contributed by atoms with E-state index in [9.17, 15) is 9.90 Å². The molecule has 3 heterocycles. The number of nitrogen functional groups attached to an aromatic ring is 1. The Hall–Kier alpha value is -4.18. The van der Waals surface area contributed by atoms with Gasteiger partial charge in [0.25, 0.3) is 0 Å². The number of aryl methyl sites for hydroxylation is 2. The van der Waals surface area contributed by atoms with Crippen LogP contribution >= 0.6 is 0 Å². The van der Waals surface area contributed by atoms with Gasteiger partial charge in [0.05, 0.1) is 30.9 Å². The van der Waals surface area contributed by atoms with Crippen LogP contribution in [0.2, 0.25) is 0 Å². The number of aromatic hydroxyl groups is 1. The van der Waals surface area contributed by atoms with Crippen LogP contribution in [0.4, 0.5) is 5.82 Å². The van der Waals surface area contributed by atoms with Crippen molar-refractivity contribution in [1.82, 2.24) is 15.0 Å². The van der Waals surface area contributed by atoms with Crippen LogP contribution in [0.3, 0.4) is 0 Å². The van der Waals surface area contributed by atoms with Crippen LogP contribution in [0, 0.1) is 6.92 Å². The molecular formula is C38H54ClN5O5. The molecule has 0 spiro atoms. The molecule has 0 saturated carbocycles. The van der Waals surface area contributed by atoms with Gasteiger partial charge in [-0.05, 0) is 32.8 Å². The van der Waals surface area contributed by atoms with E-state index in [1.807, 2.05) is 31.5 Å². The van der Waals surface area contributed by atoms with Crippen LogP contribution in [0.5, 0.6) is 17.2 Å². The van der Waals surface area contributed by atoms with Gasteiger partial charge in [-0.15, -0.1) is 0 Å². The Kier molecular flexibility index (Phi) is 18.8. The summed E-state index contributed by atoms with van der Waals surface area (Å²) in [5, 5.41) is 11.0. The Morgan fingerprint density at radius 2 is 1.59 bits per heavy atom. The number of halogens is 1. The molecule has 0 amide bonds. The van der Waals surface area contributed by atoms with E-state index < -0.39 is 5.97 Å². The second kappa shape index (κ2) is 22.5. The van der Waals surface area contributed by atoms with Crippen LogP contribution in [0.25, 0.3) is 10.9 Å². The van der Waals surface area contributed by atoms with Gasteiger partial charge < -0.3 is 37.5 Å². The van der Waals surface area contributed by atoms with Gasteiger partial charge in [-0.2, -0.15) is 4.57 Å². The number of fused-ring (bicyclic) bond motifs is 1. The van der Waals surface area contributed by atoms with Gasteiger partial charge in [-0.25, -0.2) is 14.8 Å². The first kappa shape index (κ1) is 41.0. The third kappa shape index (κ3) is 13.0. The smallest absolute Gasteiger partial charge is 0.343 e. The number of unbranched alkanes of at least 4 members (excludes halogenated alkanes) is 7. The predicted molar refractivity (Wildman–Crippen MR) is 190 cm³/mol. The van der Waals surface area contributed by atoms with Gasteiger partial charge in [0.1, 0.15) is 23.0 Å². The first-order chi connectivity index (χ1) is 23.3. The van der Waals surface area contributed by atoms with Gasteiger partial charge >= 0.3 is 5.97 Å². The molecule has 268 valence electrons. The fourth-order valence-electron chi connectivity index (χ4n) is 5.19. The minimum Gasteiger partial charge on any atom is -1.00 e. The van der Waals surface area contributed by atoms with E-state index >= 15 is 0 Å². The Bertz CT molecular complexity index is 1590. The first-order valence-corrected chi connectivity index (χ1v) is 17.5. The minimum atomic E-state index is -0.598. The lowest BCUT2D eigenvalue weighted by Crippen LogP contribution is -3.00. The first-order valence-electron chi connectivity index (χ1n) is 17.5. The molecule has 3 N–H and O–H groups in total. The predicted octanol–water partition coefficient (Wildman–Crippen LogP) is 4.69. The molecule has 3 aromatic heterocycles. The number of carbonyl (C=O) groups excluding carboxylic acids is 1. The number of anilines is 1. The number of esters is 1. The summed E-state index contributed by atoms with van der Waals surface area (Å²) in [6.45, 7) is 12.0. The average molecular weight is 696 g/mol. The normalized spacial score (nSPS) is 10.6. The molecule has 0 radical (unpaired) electrons. The second-order valence-electron chi connectivity index (χ2n) is 11.7. The highest BCUT2D eigenvalue weighted by molar-refractivity contribution is 6.00. The van der Waals surface area contributed by atoms with E-state index in [1.165, 1.54) is 50.4 Å². The van der Waals surface area contributed by atoms with Crippen molar-refractivity contribution < 1.29 is 41.1 Å². The van der Waals surface area contributed by atoms with E-state index in [-0.39, 0.29) is 30.3 Å². The highest BCUT2D eigenvalue weighted by Crippen LogP contribution is 2.37. The zero-order valence-electron chi connectivity index (χ0n) is 29.8. The molecule has 1 aromatic carbocycles. The zero-order chi connectivity index (χ0) is 34.7. The van der Waals surface area contributed by atoms with Crippen molar-refractivity contribution in [3.8, 4) is 17.2 Å². The minimum absolute atomic E-state index is 0. The molecule has 10 nitrogen and oxygen atoms in total. The number of rotatable bonds is 18. The zero-order valence-corrected chi connectivity index (χ0v) is 30.6. The van der Waals surface area contributed by atoms with Crippen molar-refractivity contribution in [2.75, 3.05) is 25.6 Å².